The quantitative estimate of drug-likeness (QED) is 0.0329. The second-order valence-electron chi connectivity index (χ2n) is 15.7. The molecule has 52 heavy (non-hydrogen) atoms. The molecule has 308 valence electrons. The van der Waals surface area contributed by atoms with E-state index in [1.165, 1.54) is 161 Å². The number of carbonyl (C=O) groups is 2. The van der Waals surface area contributed by atoms with Gasteiger partial charge in [-0.15, -0.1) is 0 Å². The molecule has 2 atom stereocenters. The van der Waals surface area contributed by atoms with Gasteiger partial charge in [0.2, 0.25) is 5.91 Å². The Balaban J connectivity index is 3.47. The van der Waals surface area contributed by atoms with Crippen LogP contribution in [0.25, 0.3) is 0 Å². The van der Waals surface area contributed by atoms with Gasteiger partial charge >= 0.3 is 5.97 Å². The summed E-state index contributed by atoms with van der Waals surface area (Å²) in [5.74, 6) is -0.102. The fraction of sp³-hybridized carbons (Fsp3) is 0.913. The van der Waals surface area contributed by atoms with Crippen molar-refractivity contribution in [2.75, 3.05) is 13.2 Å². The van der Waals surface area contributed by atoms with Crippen LogP contribution < -0.4 is 5.32 Å². The van der Waals surface area contributed by atoms with Crippen LogP contribution in [0.1, 0.15) is 245 Å². The van der Waals surface area contributed by atoms with Crippen LogP contribution in [-0.2, 0) is 14.3 Å². The van der Waals surface area contributed by atoms with Crippen LogP contribution in [0.4, 0.5) is 0 Å². The average molecular weight is 736 g/mol. The number of carbonyl (C=O) groups excluding carboxylic acids is 2. The van der Waals surface area contributed by atoms with Crippen molar-refractivity contribution in [3.63, 3.8) is 0 Å². The summed E-state index contributed by atoms with van der Waals surface area (Å²) < 4.78 is 5.45. The van der Waals surface area contributed by atoms with Crippen molar-refractivity contribution in [3.8, 4) is 0 Å². The Labute approximate surface area is 323 Å². The van der Waals surface area contributed by atoms with Crippen LogP contribution in [0.3, 0.4) is 0 Å². The number of hydrogen-bond donors (Lipinski definition) is 3. The summed E-state index contributed by atoms with van der Waals surface area (Å²) in [6.07, 6.45) is 46.2. The van der Waals surface area contributed by atoms with E-state index >= 15 is 0 Å². The highest BCUT2D eigenvalue weighted by Gasteiger charge is 2.18. The van der Waals surface area contributed by atoms with Crippen LogP contribution in [0, 0.1) is 0 Å². The summed E-state index contributed by atoms with van der Waals surface area (Å²) in [7, 11) is 0. The molecule has 0 aliphatic carbocycles. The molecule has 0 saturated heterocycles. The molecule has 0 aliphatic heterocycles. The van der Waals surface area contributed by atoms with Crippen molar-refractivity contribution in [3.05, 3.63) is 12.2 Å². The third-order valence-electron chi connectivity index (χ3n) is 10.6. The van der Waals surface area contributed by atoms with Gasteiger partial charge in [-0.05, 0) is 32.1 Å². The lowest BCUT2D eigenvalue weighted by molar-refractivity contribution is -0.143. The Hall–Kier alpha value is -1.40. The Morgan fingerprint density at radius 2 is 0.885 bits per heavy atom. The second kappa shape index (κ2) is 42.3. The molecule has 1 amide bonds. The number of hydrogen-bond acceptors (Lipinski definition) is 5. The van der Waals surface area contributed by atoms with E-state index in [9.17, 15) is 19.8 Å². The monoisotopic (exact) mass is 736 g/mol. The molecule has 0 rings (SSSR count). The third kappa shape index (κ3) is 38.3. The first kappa shape index (κ1) is 50.6. The molecule has 0 bridgehead atoms. The normalized spacial score (nSPS) is 12.8. The molecule has 0 aromatic heterocycles. The zero-order chi connectivity index (χ0) is 38.0. The Kier molecular flexibility index (Phi) is 41.2. The maximum Gasteiger partial charge on any atom is 0.305 e. The first-order valence-electron chi connectivity index (χ1n) is 23.0. The first-order valence-corrected chi connectivity index (χ1v) is 23.0. The predicted molar refractivity (Wildman–Crippen MR) is 223 cm³/mol. The fourth-order valence-electron chi connectivity index (χ4n) is 6.98. The Morgan fingerprint density at radius 3 is 1.31 bits per heavy atom. The van der Waals surface area contributed by atoms with Crippen molar-refractivity contribution < 1.29 is 24.5 Å². The maximum absolute atomic E-state index is 12.3. The summed E-state index contributed by atoms with van der Waals surface area (Å²) in [5, 5.41) is 22.9. The SMILES string of the molecule is CCCCCCCCCC/C=C/C(O)C(CO)NC(=O)CCCCCCCCCCCCCOC(=O)CCCCCCCCCCCCCCCC. The number of aliphatic hydroxyl groups excluding tert-OH is 2. The molecule has 0 radical (unpaired) electrons. The van der Waals surface area contributed by atoms with Gasteiger partial charge in [-0.2, -0.15) is 0 Å². The third-order valence-corrected chi connectivity index (χ3v) is 10.6. The van der Waals surface area contributed by atoms with Crippen molar-refractivity contribution in [2.45, 2.75) is 257 Å². The Bertz CT molecular complexity index is 772. The number of esters is 1. The number of aliphatic hydroxyl groups is 2. The van der Waals surface area contributed by atoms with Crippen molar-refractivity contribution in [2.24, 2.45) is 0 Å². The number of nitrogens with one attached hydrogen (secondary N) is 1. The lowest BCUT2D eigenvalue weighted by Gasteiger charge is -2.20. The topological polar surface area (TPSA) is 95.9 Å². The minimum Gasteiger partial charge on any atom is -0.466 e. The maximum atomic E-state index is 12.3. The van der Waals surface area contributed by atoms with Gasteiger partial charge < -0.3 is 20.3 Å². The summed E-state index contributed by atoms with van der Waals surface area (Å²) in [4.78, 5) is 24.3. The minimum absolute atomic E-state index is 0.0139. The number of rotatable bonds is 42. The van der Waals surface area contributed by atoms with Crippen LogP contribution in [0.15, 0.2) is 12.2 Å². The summed E-state index contributed by atoms with van der Waals surface area (Å²) in [6.45, 7) is 4.83. The highest BCUT2D eigenvalue weighted by Crippen LogP contribution is 2.15. The minimum atomic E-state index is -0.853. The van der Waals surface area contributed by atoms with E-state index in [0.717, 1.165) is 57.8 Å². The number of allylic oxidation sites excluding steroid dienone is 1. The molecule has 2 unspecified atom stereocenters. The van der Waals surface area contributed by atoms with E-state index in [-0.39, 0.29) is 18.5 Å². The highest BCUT2D eigenvalue weighted by atomic mass is 16.5. The van der Waals surface area contributed by atoms with E-state index in [2.05, 4.69) is 19.2 Å². The van der Waals surface area contributed by atoms with Gasteiger partial charge in [0, 0.05) is 12.8 Å². The number of amides is 1. The van der Waals surface area contributed by atoms with E-state index in [1.54, 1.807) is 6.08 Å². The van der Waals surface area contributed by atoms with Crippen molar-refractivity contribution in [1.29, 1.82) is 0 Å². The molecule has 0 aromatic rings. The second-order valence-corrected chi connectivity index (χ2v) is 15.7. The van der Waals surface area contributed by atoms with Crippen LogP contribution in [0.5, 0.6) is 0 Å². The first-order chi connectivity index (χ1) is 25.5. The number of ether oxygens (including phenoxy) is 1. The van der Waals surface area contributed by atoms with Gasteiger partial charge in [-0.1, -0.05) is 212 Å². The molecule has 0 fully saturated rings. The van der Waals surface area contributed by atoms with E-state index in [1.807, 2.05) is 6.08 Å². The molecular formula is C46H89NO5. The van der Waals surface area contributed by atoms with Crippen LogP contribution in [-0.4, -0.2) is 47.4 Å². The zero-order valence-electron chi connectivity index (χ0n) is 34.8. The molecule has 0 saturated carbocycles. The van der Waals surface area contributed by atoms with E-state index < -0.39 is 12.1 Å². The highest BCUT2D eigenvalue weighted by molar-refractivity contribution is 5.76. The molecular weight excluding hydrogens is 647 g/mol. The van der Waals surface area contributed by atoms with Crippen molar-refractivity contribution >= 4 is 11.9 Å². The molecule has 0 spiro atoms. The molecule has 3 N–H and O–H groups in total. The molecule has 0 aliphatic rings. The van der Waals surface area contributed by atoms with Gasteiger partial charge in [0.15, 0.2) is 0 Å². The molecule has 0 heterocycles. The summed E-state index contributed by atoms with van der Waals surface area (Å²) >= 11 is 0. The standard InChI is InChI=1S/C46H89NO5/c1-3-5-7-9-11-13-15-16-17-20-24-28-32-36-40-46(51)52-41-37-33-29-25-21-18-19-23-27-31-35-39-45(50)47-43(42-48)44(49)38-34-30-26-22-14-12-10-8-6-4-2/h34,38,43-44,48-49H,3-33,35-37,39-42H2,1-2H3,(H,47,50)/b38-34+. The van der Waals surface area contributed by atoms with E-state index in [0.29, 0.717) is 19.4 Å². The number of unbranched alkanes of at least 4 members (excludes halogenated alkanes) is 31. The summed E-state index contributed by atoms with van der Waals surface area (Å²) in [6, 6.07) is -0.638. The average Bonchev–Trinajstić information content (AvgIpc) is 3.14. The smallest absolute Gasteiger partial charge is 0.305 e. The van der Waals surface area contributed by atoms with Gasteiger partial charge in [0.25, 0.3) is 0 Å². The fourth-order valence-corrected chi connectivity index (χ4v) is 6.98. The lowest BCUT2D eigenvalue weighted by Crippen LogP contribution is -2.45. The molecule has 6 nitrogen and oxygen atoms in total. The predicted octanol–water partition coefficient (Wildman–Crippen LogP) is 13.0. The lowest BCUT2D eigenvalue weighted by atomic mass is 10.0. The largest absolute Gasteiger partial charge is 0.466 e. The van der Waals surface area contributed by atoms with E-state index in [4.69, 9.17) is 4.74 Å². The zero-order valence-corrected chi connectivity index (χ0v) is 34.8. The molecule has 0 aromatic carbocycles. The molecule has 6 heteroatoms. The summed E-state index contributed by atoms with van der Waals surface area (Å²) in [5.41, 5.74) is 0. The van der Waals surface area contributed by atoms with Gasteiger partial charge in [-0.25, -0.2) is 0 Å². The van der Waals surface area contributed by atoms with Gasteiger partial charge in [0.1, 0.15) is 0 Å². The van der Waals surface area contributed by atoms with Crippen molar-refractivity contribution in [1.82, 2.24) is 5.32 Å². The Morgan fingerprint density at radius 1 is 0.519 bits per heavy atom. The van der Waals surface area contributed by atoms with Gasteiger partial charge in [-0.3, -0.25) is 9.59 Å². The van der Waals surface area contributed by atoms with Crippen LogP contribution >= 0.6 is 0 Å². The van der Waals surface area contributed by atoms with Gasteiger partial charge in [0.05, 0.1) is 25.4 Å². The van der Waals surface area contributed by atoms with Crippen LogP contribution in [0.2, 0.25) is 0 Å².